The first-order valence-electron chi connectivity index (χ1n) is 6.81. The molecule has 1 heterocycles. The zero-order valence-electron chi connectivity index (χ0n) is 11.9. The van der Waals surface area contributed by atoms with Crippen molar-refractivity contribution in [1.82, 2.24) is 0 Å². The summed E-state index contributed by atoms with van der Waals surface area (Å²) in [5.74, 6) is -1.54. The number of sulfone groups is 1. The van der Waals surface area contributed by atoms with Crippen LogP contribution in [0.1, 0.15) is 22.1 Å². The summed E-state index contributed by atoms with van der Waals surface area (Å²) in [7, 11) is -4.85. The number of hydrogen-bond acceptors (Lipinski definition) is 3. The Kier molecular flexibility index (Phi) is 3.96. The fourth-order valence-electron chi connectivity index (χ4n) is 2.65. The van der Waals surface area contributed by atoms with E-state index in [0.29, 0.717) is 0 Å². The predicted octanol–water partition coefficient (Wildman–Crippen LogP) is 4.02. The molecule has 3 nitrogen and oxygen atoms in total. The average molecular weight is 375 g/mol. The number of carbonyl (C=O) groups is 1. The maximum Gasteiger partial charge on any atom is 0.253 e. The highest BCUT2D eigenvalue weighted by Gasteiger charge is 2.64. The summed E-state index contributed by atoms with van der Waals surface area (Å²) < 4.78 is 68.8. The van der Waals surface area contributed by atoms with E-state index in [-0.39, 0.29) is 10.6 Å². The lowest BCUT2D eigenvalue weighted by molar-refractivity contribution is 0.0112. The lowest BCUT2D eigenvalue weighted by Crippen LogP contribution is -2.54. The molecule has 0 saturated carbocycles. The van der Waals surface area contributed by atoms with Crippen molar-refractivity contribution in [3.63, 3.8) is 0 Å². The Morgan fingerprint density at radius 3 is 2.29 bits per heavy atom. The summed E-state index contributed by atoms with van der Waals surface area (Å²) in [4.78, 5) is 11.7. The van der Waals surface area contributed by atoms with Crippen LogP contribution in [0.2, 0.25) is 5.02 Å². The van der Waals surface area contributed by atoms with E-state index >= 15 is 4.39 Å². The van der Waals surface area contributed by atoms with Gasteiger partial charge in [0.2, 0.25) is 21.1 Å². The van der Waals surface area contributed by atoms with Crippen molar-refractivity contribution in [2.75, 3.05) is 0 Å². The highest BCUT2D eigenvalue weighted by Crippen LogP contribution is 2.47. The van der Waals surface area contributed by atoms with Crippen molar-refractivity contribution in [3.05, 3.63) is 64.7 Å². The van der Waals surface area contributed by atoms with Crippen LogP contribution >= 0.6 is 11.6 Å². The van der Waals surface area contributed by atoms with Gasteiger partial charge >= 0.3 is 0 Å². The number of benzene rings is 2. The Labute approximate surface area is 141 Å². The van der Waals surface area contributed by atoms with Gasteiger partial charge in [0, 0.05) is 10.6 Å². The summed E-state index contributed by atoms with van der Waals surface area (Å²) in [6.07, 6.45) is -2.81. The first-order valence-corrected chi connectivity index (χ1v) is 8.73. The molecule has 0 N–H and O–H groups in total. The van der Waals surface area contributed by atoms with Crippen LogP contribution in [0.4, 0.5) is 13.2 Å². The maximum absolute atomic E-state index is 15.2. The van der Waals surface area contributed by atoms with E-state index in [4.69, 9.17) is 11.6 Å². The Balaban J connectivity index is 2.20. The molecule has 8 heteroatoms. The Hall–Kier alpha value is -1.86. The molecule has 3 atom stereocenters. The van der Waals surface area contributed by atoms with Crippen LogP contribution in [0.5, 0.6) is 0 Å². The normalized spacial score (nSPS) is 26.7. The minimum atomic E-state index is -4.85. The molecule has 3 rings (SSSR count). The van der Waals surface area contributed by atoms with E-state index in [0.717, 1.165) is 24.3 Å². The lowest BCUT2D eigenvalue weighted by atomic mass is 9.87. The van der Waals surface area contributed by atoms with Gasteiger partial charge in [0.15, 0.2) is 6.17 Å². The molecule has 1 aliphatic heterocycles. The van der Waals surface area contributed by atoms with E-state index in [9.17, 15) is 22.0 Å². The third-order valence-electron chi connectivity index (χ3n) is 3.92. The molecule has 2 aromatic carbocycles. The van der Waals surface area contributed by atoms with Crippen LogP contribution in [0, 0.1) is 0 Å². The summed E-state index contributed by atoms with van der Waals surface area (Å²) >= 11 is 5.65. The Bertz CT molecular complexity index is 914. The monoisotopic (exact) mass is 374 g/mol. The standard InChI is InChI=1S/C16H10ClF3O3S/c17-10-7-5-9(6-8-10)13(18)16(20)14(21)11-3-1-2-4-12(11)24(22,23)15(16)19/h1-8,13,15H. The summed E-state index contributed by atoms with van der Waals surface area (Å²) in [6.45, 7) is 0. The molecule has 0 spiro atoms. The number of Topliss-reactive ketones (excluding diaryl/α,β-unsaturated/α-hetero) is 1. The number of hydrogen-bond donors (Lipinski definition) is 0. The number of halogens is 4. The molecule has 24 heavy (non-hydrogen) atoms. The largest absolute Gasteiger partial charge is 0.290 e. The van der Waals surface area contributed by atoms with E-state index < -0.39 is 43.4 Å². The minimum absolute atomic E-state index is 0.226. The molecule has 0 fully saturated rings. The molecule has 0 aliphatic carbocycles. The van der Waals surface area contributed by atoms with Crippen molar-refractivity contribution >= 4 is 27.2 Å². The van der Waals surface area contributed by atoms with Gasteiger partial charge < -0.3 is 0 Å². The van der Waals surface area contributed by atoms with Gasteiger partial charge in [-0.1, -0.05) is 35.9 Å². The molecular weight excluding hydrogens is 365 g/mol. The van der Waals surface area contributed by atoms with Crippen LogP contribution in [-0.2, 0) is 9.84 Å². The third-order valence-corrected chi connectivity index (χ3v) is 6.03. The molecule has 0 amide bonds. The molecule has 126 valence electrons. The Morgan fingerprint density at radius 1 is 1.08 bits per heavy atom. The lowest BCUT2D eigenvalue weighted by Gasteiger charge is -2.34. The predicted molar refractivity (Wildman–Crippen MR) is 82.0 cm³/mol. The minimum Gasteiger partial charge on any atom is -0.290 e. The number of carbonyl (C=O) groups excluding carboxylic acids is 1. The third kappa shape index (κ3) is 2.26. The van der Waals surface area contributed by atoms with Gasteiger partial charge in [-0.15, -0.1) is 0 Å². The number of fused-ring (bicyclic) bond motifs is 1. The van der Waals surface area contributed by atoms with Gasteiger partial charge in [-0.25, -0.2) is 21.6 Å². The van der Waals surface area contributed by atoms with Crippen LogP contribution in [0.3, 0.4) is 0 Å². The average Bonchev–Trinajstić information content (AvgIpc) is 2.58. The van der Waals surface area contributed by atoms with Crippen molar-refractivity contribution < 1.29 is 26.4 Å². The highest BCUT2D eigenvalue weighted by molar-refractivity contribution is 7.92. The van der Waals surface area contributed by atoms with Crippen molar-refractivity contribution in [3.8, 4) is 0 Å². The van der Waals surface area contributed by atoms with Crippen LogP contribution in [0.15, 0.2) is 53.4 Å². The van der Waals surface area contributed by atoms with E-state index in [1.54, 1.807) is 0 Å². The van der Waals surface area contributed by atoms with Crippen LogP contribution in [0.25, 0.3) is 0 Å². The van der Waals surface area contributed by atoms with Crippen molar-refractivity contribution in [2.24, 2.45) is 0 Å². The second kappa shape index (κ2) is 5.60. The van der Waals surface area contributed by atoms with Gasteiger partial charge in [-0.3, -0.25) is 4.79 Å². The molecule has 2 aromatic rings. The summed E-state index contributed by atoms with van der Waals surface area (Å²) in [6, 6.07) is 9.19. The van der Waals surface area contributed by atoms with E-state index in [1.807, 2.05) is 0 Å². The molecule has 0 radical (unpaired) electrons. The molecule has 0 aromatic heterocycles. The molecular formula is C16H10ClF3O3S. The fourth-order valence-corrected chi connectivity index (χ4v) is 4.42. The molecule has 1 aliphatic rings. The second-order valence-electron chi connectivity index (χ2n) is 5.37. The second-order valence-corrected chi connectivity index (χ2v) is 7.75. The van der Waals surface area contributed by atoms with Gasteiger partial charge in [0.25, 0.3) is 5.67 Å². The quantitative estimate of drug-likeness (QED) is 0.797. The summed E-state index contributed by atoms with van der Waals surface area (Å²) in [5, 5.41) is 0.226. The van der Waals surface area contributed by atoms with E-state index in [2.05, 4.69) is 0 Å². The topological polar surface area (TPSA) is 51.2 Å². The Morgan fingerprint density at radius 2 is 1.67 bits per heavy atom. The van der Waals surface area contributed by atoms with E-state index in [1.165, 1.54) is 24.3 Å². The van der Waals surface area contributed by atoms with Gasteiger partial charge in [0.05, 0.1) is 4.90 Å². The smallest absolute Gasteiger partial charge is 0.253 e. The zero-order valence-corrected chi connectivity index (χ0v) is 13.5. The van der Waals surface area contributed by atoms with Crippen molar-refractivity contribution in [2.45, 2.75) is 22.2 Å². The van der Waals surface area contributed by atoms with Gasteiger partial charge in [0.1, 0.15) is 0 Å². The number of alkyl halides is 3. The zero-order chi connectivity index (χ0) is 17.7. The van der Waals surface area contributed by atoms with Gasteiger partial charge in [-0.05, 0) is 29.8 Å². The first-order chi connectivity index (χ1) is 11.2. The molecule has 0 saturated heterocycles. The van der Waals surface area contributed by atoms with Crippen molar-refractivity contribution in [1.29, 1.82) is 0 Å². The SMILES string of the molecule is O=C1c2ccccc2S(=O)(=O)C(F)C1(F)C(F)c1ccc(Cl)cc1. The fraction of sp³-hybridized carbons (Fsp3) is 0.188. The maximum atomic E-state index is 15.2. The molecule has 3 unspecified atom stereocenters. The first kappa shape index (κ1) is 17.0. The number of rotatable bonds is 2. The highest BCUT2D eigenvalue weighted by atomic mass is 35.5. The summed E-state index contributed by atoms with van der Waals surface area (Å²) in [5.41, 5.74) is -8.17. The van der Waals surface area contributed by atoms with Crippen LogP contribution < -0.4 is 0 Å². The molecule has 0 bridgehead atoms. The van der Waals surface area contributed by atoms with Crippen LogP contribution in [-0.4, -0.2) is 25.4 Å². The van der Waals surface area contributed by atoms with Gasteiger partial charge in [-0.2, -0.15) is 0 Å². The number of ketones is 1.